The third-order valence-electron chi connectivity index (χ3n) is 4.09. The fourth-order valence-corrected chi connectivity index (χ4v) is 3.04. The SMILES string of the molecule is COC1(OC)CCCN2CC(c3ccccc3)N=C21.Cl. The van der Waals surface area contributed by atoms with Crippen LogP contribution in [0.1, 0.15) is 24.4 Å². The second-order valence-corrected chi connectivity index (χ2v) is 5.09. The average Bonchev–Trinajstić information content (AvgIpc) is 2.92. The number of piperidine rings is 1. The van der Waals surface area contributed by atoms with Crippen molar-refractivity contribution >= 4 is 18.2 Å². The van der Waals surface area contributed by atoms with Crippen LogP contribution in [0.5, 0.6) is 0 Å². The van der Waals surface area contributed by atoms with Crippen LogP contribution in [0.3, 0.4) is 0 Å². The summed E-state index contributed by atoms with van der Waals surface area (Å²) < 4.78 is 11.3. The van der Waals surface area contributed by atoms with Gasteiger partial charge in [-0.25, -0.2) is 0 Å². The van der Waals surface area contributed by atoms with E-state index in [-0.39, 0.29) is 18.4 Å². The smallest absolute Gasteiger partial charge is 0.227 e. The van der Waals surface area contributed by atoms with Gasteiger partial charge in [0, 0.05) is 33.7 Å². The molecule has 5 heteroatoms. The van der Waals surface area contributed by atoms with E-state index in [2.05, 4.69) is 29.2 Å². The third kappa shape index (κ3) is 2.43. The normalized spacial score (nSPS) is 23.8. The quantitative estimate of drug-likeness (QED) is 0.804. The molecule has 0 aromatic heterocycles. The predicted molar refractivity (Wildman–Crippen MR) is 81.4 cm³/mol. The molecule has 0 bridgehead atoms. The molecular weight excluding hydrogens is 276 g/mol. The molecule has 2 aliphatic heterocycles. The van der Waals surface area contributed by atoms with Gasteiger partial charge in [0.2, 0.25) is 5.79 Å². The lowest BCUT2D eigenvalue weighted by Gasteiger charge is -2.39. The van der Waals surface area contributed by atoms with Gasteiger partial charge in [-0.15, -0.1) is 12.4 Å². The highest BCUT2D eigenvalue weighted by Crippen LogP contribution is 2.35. The lowest BCUT2D eigenvalue weighted by Crippen LogP contribution is -2.53. The molecule has 1 aromatic rings. The molecule has 0 N–H and O–H groups in total. The Balaban J connectivity index is 0.00000147. The first-order valence-electron chi connectivity index (χ1n) is 6.77. The summed E-state index contributed by atoms with van der Waals surface area (Å²) >= 11 is 0. The largest absolute Gasteiger partial charge is 0.353 e. The first-order chi connectivity index (χ1) is 9.29. The molecule has 1 unspecified atom stereocenters. The summed E-state index contributed by atoms with van der Waals surface area (Å²) in [7, 11) is 3.40. The van der Waals surface area contributed by atoms with Crippen molar-refractivity contribution < 1.29 is 9.47 Å². The van der Waals surface area contributed by atoms with Crippen LogP contribution in [-0.4, -0.2) is 43.8 Å². The van der Waals surface area contributed by atoms with Gasteiger partial charge in [0.15, 0.2) is 5.84 Å². The topological polar surface area (TPSA) is 34.1 Å². The maximum atomic E-state index is 5.63. The van der Waals surface area contributed by atoms with Crippen molar-refractivity contribution in [1.82, 2.24) is 4.90 Å². The molecule has 0 saturated carbocycles. The van der Waals surface area contributed by atoms with E-state index in [9.17, 15) is 0 Å². The van der Waals surface area contributed by atoms with Crippen LogP contribution < -0.4 is 0 Å². The number of aliphatic imine (C=N–C) groups is 1. The van der Waals surface area contributed by atoms with E-state index >= 15 is 0 Å². The van der Waals surface area contributed by atoms with Crippen molar-refractivity contribution in [1.29, 1.82) is 0 Å². The summed E-state index contributed by atoms with van der Waals surface area (Å²) in [6, 6.07) is 10.6. The van der Waals surface area contributed by atoms with Crippen LogP contribution in [0.15, 0.2) is 35.3 Å². The van der Waals surface area contributed by atoms with Gasteiger partial charge in [-0.3, -0.25) is 4.99 Å². The molecule has 4 nitrogen and oxygen atoms in total. The zero-order valence-corrected chi connectivity index (χ0v) is 12.7. The van der Waals surface area contributed by atoms with Crippen molar-refractivity contribution in [2.45, 2.75) is 24.7 Å². The zero-order valence-electron chi connectivity index (χ0n) is 11.9. The summed E-state index contributed by atoms with van der Waals surface area (Å²) in [4.78, 5) is 7.17. The van der Waals surface area contributed by atoms with Gasteiger partial charge in [0.1, 0.15) is 0 Å². The molecule has 1 saturated heterocycles. The number of fused-ring (bicyclic) bond motifs is 1. The van der Waals surface area contributed by atoms with Crippen LogP contribution in [0, 0.1) is 0 Å². The van der Waals surface area contributed by atoms with E-state index < -0.39 is 5.79 Å². The number of methoxy groups -OCH3 is 2. The van der Waals surface area contributed by atoms with E-state index in [0.29, 0.717) is 0 Å². The second kappa shape index (κ2) is 6.12. The first-order valence-corrected chi connectivity index (χ1v) is 6.77. The molecule has 1 aromatic carbocycles. The summed E-state index contributed by atoms with van der Waals surface area (Å²) in [5.41, 5.74) is 1.26. The van der Waals surface area contributed by atoms with Crippen molar-refractivity contribution in [3.05, 3.63) is 35.9 Å². The third-order valence-corrected chi connectivity index (χ3v) is 4.09. The van der Waals surface area contributed by atoms with Crippen molar-refractivity contribution in [2.24, 2.45) is 4.99 Å². The van der Waals surface area contributed by atoms with Gasteiger partial charge < -0.3 is 14.4 Å². The lowest BCUT2D eigenvalue weighted by atomic mass is 10.0. The molecular formula is C15H21ClN2O2. The minimum Gasteiger partial charge on any atom is -0.353 e. The zero-order chi connectivity index (χ0) is 13.3. The van der Waals surface area contributed by atoms with Gasteiger partial charge in [0.05, 0.1) is 6.04 Å². The minimum atomic E-state index is -0.651. The lowest BCUT2D eigenvalue weighted by molar-refractivity contribution is -0.170. The monoisotopic (exact) mass is 296 g/mol. The molecule has 2 heterocycles. The first kappa shape index (κ1) is 15.3. The molecule has 20 heavy (non-hydrogen) atoms. The highest BCUT2D eigenvalue weighted by molar-refractivity contribution is 5.91. The Morgan fingerprint density at radius 1 is 1.20 bits per heavy atom. The Kier molecular flexibility index (Phi) is 4.68. The molecule has 1 fully saturated rings. The number of halogens is 1. The minimum absolute atomic E-state index is 0. The Morgan fingerprint density at radius 2 is 1.90 bits per heavy atom. The number of benzene rings is 1. The molecule has 1 atom stereocenters. The molecule has 110 valence electrons. The number of hydrogen-bond donors (Lipinski definition) is 0. The van der Waals surface area contributed by atoms with Crippen molar-refractivity contribution in [3.63, 3.8) is 0 Å². The summed E-state index contributed by atoms with van der Waals surface area (Å²) in [6.45, 7) is 1.96. The van der Waals surface area contributed by atoms with Gasteiger partial charge in [-0.2, -0.15) is 0 Å². The predicted octanol–water partition coefficient (Wildman–Crippen LogP) is 2.65. The molecule has 0 radical (unpaired) electrons. The summed E-state index contributed by atoms with van der Waals surface area (Å²) in [6.07, 6.45) is 1.94. The maximum absolute atomic E-state index is 5.63. The molecule has 0 amide bonds. The van der Waals surface area contributed by atoms with Crippen LogP contribution in [0.25, 0.3) is 0 Å². The molecule has 2 aliphatic rings. The molecule has 0 spiro atoms. The van der Waals surface area contributed by atoms with Crippen LogP contribution in [-0.2, 0) is 9.47 Å². The van der Waals surface area contributed by atoms with Crippen LogP contribution in [0.4, 0.5) is 0 Å². The van der Waals surface area contributed by atoms with Crippen molar-refractivity contribution in [2.75, 3.05) is 27.3 Å². The Bertz CT molecular complexity index is 474. The van der Waals surface area contributed by atoms with E-state index in [1.807, 2.05) is 6.07 Å². The van der Waals surface area contributed by atoms with E-state index in [4.69, 9.17) is 14.5 Å². The average molecular weight is 297 g/mol. The highest BCUT2D eigenvalue weighted by Gasteiger charge is 2.46. The van der Waals surface area contributed by atoms with Gasteiger partial charge in [0.25, 0.3) is 0 Å². The second-order valence-electron chi connectivity index (χ2n) is 5.09. The highest BCUT2D eigenvalue weighted by atomic mass is 35.5. The van der Waals surface area contributed by atoms with Crippen molar-refractivity contribution in [3.8, 4) is 0 Å². The number of nitrogens with zero attached hydrogens (tertiary/aromatic N) is 2. The Labute approximate surface area is 126 Å². The Hall–Kier alpha value is -1.10. The maximum Gasteiger partial charge on any atom is 0.227 e. The van der Waals surface area contributed by atoms with Crippen LogP contribution in [0.2, 0.25) is 0 Å². The number of hydrogen-bond acceptors (Lipinski definition) is 4. The van der Waals surface area contributed by atoms with E-state index in [1.165, 1.54) is 5.56 Å². The molecule has 3 rings (SSSR count). The van der Waals surface area contributed by atoms with Crippen LogP contribution >= 0.6 is 12.4 Å². The fraction of sp³-hybridized carbons (Fsp3) is 0.533. The fourth-order valence-electron chi connectivity index (χ4n) is 3.04. The number of rotatable bonds is 3. The Morgan fingerprint density at radius 3 is 2.55 bits per heavy atom. The van der Waals surface area contributed by atoms with E-state index in [1.54, 1.807) is 14.2 Å². The molecule has 0 aliphatic carbocycles. The number of ether oxygens (including phenoxy) is 2. The van der Waals surface area contributed by atoms with Gasteiger partial charge in [-0.05, 0) is 12.0 Å². The standard InChI is InChI=1S/C15H20N2O2.ClH/c1-18-15(19-2)9-6-10-17-11-13(16-14(15)17)12-7-4-3-5-8-12;/h3-5,7-8,13H,6,9-11H2,1-2H3;1H. The number of amidine groups is 1. The summed E-state index contributed by atoms with van der Waals surface area (Å²) in [5, 5.41) is 0. The van der Waals surface area contributed by atoms with Gasteiger partial charge in [-0.1, -0.05) is 30.3 Å². The van der Waals surface area contributed by atoms with E-state index in [0.717, 1.165) is 31.8 Å². The summed E-state index contributed by atoms with van der Waals surface area (Å²) in [5.74, 6) is 0.305. The van der Waals surface area contributed by atoms with Gasteiger partial charge >= 0.3 is 0 Å².